The van der Waals surface area contributed by atoms with Crippen molar-refractivity contribution < 1.29 is 4.74 Å². The van der Waals surface area contributed by atoms with Gasteiger partial charge in [0.25, 0.3) is 0 Å². The Labute approximate surface area is 196 Å². The predicted molar refractivity (Wildman–Crippen MR) is 130 cm³/mol. The van der Waals surface area contributed by atoms with E-state index in [-0.39, 0.29) is 0 Å². The van der Waals surface area contributed by atoms with Gasteiger partial charge in [-0.05, 0) is 60.5 Å². The number of rotatable bonds is 5. The van der Waals surface area contributed by atoms with Gasteiger partial charge in [0.15, 0.2) is 11.6 Å². The zero-order valence-corrected chi connectivity index (χ0v) is 18.5. The van der Waals surface area contributed by atoms with Crippen LogP contribution in [0.25, 0.3) is 34.0 Å². The number of anilines is 2. The summed E-state index contributed by atoms with van der Waals surface area (Å²) in [5.74, 6) is 2.82. The fraction of sp³-hybridized carbons (Fsp3) is 0.115. The summed E-state index contributed by atoms with van der Waals surface area (Å²) in [5.41, 5.74) is 6.78. The highest BCUT2D eigenvalue weighted by Gasteiger charge is 2.15. The number of hydrogen-bond donors (Lipinski definition) is 2. The van der Waals surface area contributed by atoms with Gasteiger partial charge in [-0.15, -0.1) is 0 Å². The standard InChI is InChI=1S/C26H21N7O/c1-16-4-5-19(25-31-24(32-33-25)18-6-7-23-17(13-18)9-12-34-23)14-22(16)30-26-28-11-8-21(29-26)20-3-2-10-27-15-20/h2-8,10-11,13-15H,9,12H2,1H3,(H,28,29,30)(H,31,32,33). The van der Waals surface area contributed by atoms with Crippen molar-refractivity contribution in [3.05, 3.63) is 84.3 Å². The number of aromatic nitrogens is 6. The first kappa shape index (κ1) is 20.0. The number of H-pyrrole nitrogens is 1. The molecule has 0 aliphatic carbocycles. The lowest BCUT2D eigenvalue weighted by molar-refractivity contribution is 0.357. The van der Waals surface area contributed by atoms with Gasteiger partial charge in [0.2, 0.25) is 5.95 Å². The summed E-state index contributed by atoms with van der Waals surface area (Å²) in [6.45, 7) is 2.77. The Morgan fingerprint density at radius 2 is 1.88 bits per heavy atom. The molecule has 1 aliphatic rings. The third-order valence-electron chi connectivity index (χ3n) is 5.80. The molecule has 0 amide bonds. The minimum atomic E-state index is 0.514. The lowest BCUT2D eigenvalue weighted by Crippen LogP contribution is -2.00. The Hall–Kier alpha value is -4.59. The Morgan fingerprint density at radius 3 is 2.79 bits per heavy atom. The van der Waals surface area contributed by atoms with E-state index in [1.807, 2.05) is 55.5 Å². The largest absolute Gasteiger partial charge is 0.493 e. The molecule has 5 aromatic rings. The minimum Gasteiger partial charge on any atom is -0.493 e. The fourth-order valence-electron chi connectivity index (χ4n) is 3.96. The lowest BCUT2D eigenvalue weighted by atomic mass is 10.1. The highest BCUT2D eigenvalue weighted by molar-refractivity contribution is 5.70. The second-order valence-electron chi connectivity index (χ2n) is 8.09. The van der Waals surface area contributed by atoms with Crippen LogP contribution in [0.15, 0.2) is 73.2 Å². The molecule has 4 heterocycles. The molecule has 0 atom stereocenters. The summed E-state index contributed by atoms with van der Waals surface area (Å²) in [7, 11) is 0. The van der Waals surface area contributed by atoms with Crippen LogP contribution in [0.1, 0.15) is 11.1 Å². The first-order valence-electron chi connectivity index (χ1n) is 11.0. The van der Waals surface area contributed by atoms with E-state index in [0.29, 0.717) is 17.6 Å². The Morgan fingerprint density at radius 1 is 0.941 bits per heavy atom. The molecule has 1 aliphatic heterocycles. The van der Waals surface area contributed by atoms with Crippen LogP contribution in [0.3, 0.4) is 0 Å². The van der Waals surface area contributed by atoms with Gasteiger partial charge in [-0.2, -0.15) is 5.10 Å². The summed E-state index contributed by atoms with van der Waals surface area (Å²) in [4.78, 5) is 17.9. The second-order valence-corrected chi connectivity index (χ2v) is 8.09. The fourth-order valence-corrected chi connectivity index (χ4v) is 3.96. The maximum atomic E-state index is 5.60. The van der Waals surface area contributed by atoms with Crippen molar-refractivity contribution >= 4 is 11.6 Å². The van der Waals surface area contributed by atoms with Crippen molar-refractivity contribution in [3.63, 3.8) is 0 Å². The van der Waals surface area contributed by atoms with E-state index in [2.05, 4.69) is 36.5 Å². The number of pyridine rings is 1. The Balaban J connectivity index is 1.27. The van der Waals surface area contributed by atoms with Gasteiger partial charge in [-0.25, -0.2) is 15.0 Å². The van der Waals surface area contributed by atoms with Crippen LogP contribution < -0.4 is 10.1 Å². The van der Waals surface area contributed by atoms with Crippen LogP contribution in [-0.4, -0.2) is 36.7 Å². The molecule has 0 saturated carbocycles. The van der Waals surface area contributed by atoms with Crippen LogP contribution in [0.4, 0.5) is 11.6 Å². The average Bonchev–Trinajstić information content (AvgIpc) is 3.56. The zero-order chi connectivity index (χ0) is 22.9. The van der Waals surface area contributed by atoms with Gasteiger partial charge in [0, 0.05) is 47.4 Å². The summed E-state index contributed by atoms with van der Waals surface area (Å²) in [6, 6.07) is 17.9. The lowest BCUT2D eigenvalue weighted by Gasteiger charge is -2.10. The van der Waals surface area contributed by atoms with Crippen LogP contribution in [0, 0.1) is 6.92 Å². The van der Waals surface area contributed by atoms with Crippen LogP contribution in [0.2, 0.25) is 0 Å². The first-order chi connectivity index (χ1) is 16.7. The van der Waals surface area contributed by atoms with Crippen molar-refractivity contribution in [2.75, 3.05) is 11.9 Å². The van der Waals surface area contributed by atoms with E-state index in [4.69, 9.17) is 9.72 Å². The number of benzene rings is 2. The molecule has 0 unspecified atom stereocenters. The first-order valence-corrected chi connectivity index (χ1v) is 11.0. The smallest absolute Gasteiger partial charge is 0.227 e. The van der Waals surface area contributed by atoms with E-state index in [0.717, 1.165) is 52.4 Å². The molecule has 34 heavy (non-hydrogen) atoms. The van der Waals surface area contributed by atoms with Crippen LogP contribution >= 0.6 is 0 Å². The van der Waals surface area contributed by atoms with Gasteiger partial charge in [0.1, 0.15) is 5.75 Å². The van der Waals surface area contributed by atoms with E-state index < -0.39 is 0 Å². The van der Waals surface area contributed by atoms with Crippen molar-refractivity contribution in [3.8, 4) is 39.8 Å². The third-order valence-corrected chi connectivity index (χ3v) is 5.80. The Bertz CT molecular complexity index is 1480. The van der Waals surface area contributed by atoms with Gasteiger partial charge in [0.05, 0.1) is 12.3 Å². The summed E-state index contributed by atoms with van der Waals surface area (Å²) in [6.07, 6.45) is 6.18. The van der Waals surface area contributed by atoms with Crippen molar-refractivity contribution in [1.29, 1.82) is 0 Å². The number of nitrogens with zero attached hydrogens (tertiary/aromatic N) is 5. The highest BCUT2D eigenvalue weighted by Crippen LogP contribution is 2.31. The molecular weight excluding hydrogens is 426 g/mol. The van der Waals surface area contributed by atoms with E-state index >= 15 is 0 Å². The van der Waals surface area contributed by atoms with Crippen LogP contribution in [0.5, 0.6) is 5.75 Å². The van der Waals surface area contributed by atoms with E-state index in [1.54, 1.807) is 18.6 Å². The molecule has 8 nitrogen and oxygen atoms in total. The quantitative estimate of drug-likeness (QED) is 0.392. The predicted octanol–water partition coefficient (Wildman–Crippen LogP) is 4.98. The molecule has 3 aromatic heterocycles. The van der Waals surface area contributed by atoms with Crippen LogP contribution in [-0.2, 0) is 6.42 Å². The number of aryl methyl sites for hydroxylation is 1. The molecule has 0 fully saturated rings. The number of fused-ring (bicyclic) bond motifs is 1. The van der Waals surface area contributed by atoms with E-state index in [9.17, 15) is 0 Å². The molecule has 2 aromatic carbocycles. The molecule has 8 heteroatoms. The van der Waals surface area contributed by atoms with E-state index in [1.165, 1.54) is 5.56 Å². The number of nitrogens with one attached hydrogen (secondary N) is 2. The van der Waals surface area contributed by atoms with Gasteiger partial charge < -0.3 is 10.1 Å². The maximum absolute atomic E-state index is 5.60. The average molecular weight is 448 g/mol. The second kappa shape index (κ2) is 8.40. The van der Waals surface area contributed by atoms with Crippen molar-refractivity contribution in [2.24, 2.45) is 0 Å². The minimum absolute atomic E-state index is 0.514. The number of hydrogen-bond acceptors (Lipinski definition) is 7. The molecule has 0 saturated heterocycles. The molecule has 0 bridgehead atoms. The summed E-state index contributed by atoms with van der Waals surface area (Å²) < 4.78 is 5.60. The van der Waals surface area contributed by atoms with Gasteiger partial charge >= 0.3 is 0 Å². The molecule has 166 valence electrons. The maximum Gasteiger partial charge on any atom is 0.227 e. The van der Waals surface area contributed by atoms with Crippen molar-refractivity contribution in [2.45, 2.75) is 13.3 Å². The molecule has 6 rings (SSSR count). The molecule has 2 N–H and O–H groups in total. The molecule has 0 radical (unpaired) electrons. The molecular formula is C26H21N7O. The summed E-state index contributed by atoms with van der Waals surface area (Å²) in [5, 5.41) is 10.9. The SMILES string of the molecule is Cc1ccc(-c2nc(-c3ccc4c(c3)CCO4)n[nH]2)cc1Nc1nccc(-c2cccnc2)n1. The third kappa shape index (κ3) is 3.86. The highest BCUT2D eigenvalue weighted by atomic mass is 16.5. The normalized spacial score (nSPS) is 12.3. The van der Waals surface area contributed by atoms with Gasteiger partial charge in [-0.1, -0.05) is 12.1 Å². The Kier molecular flexibility index (Phi) is 4.95. The zero-order valence-electron chi connectivity index (χ0n) is 18.5. The monoisotopic (exact) mass is 447 g/mol. The number of aromatic amines is 1. The number of ether oxygens (including phenoxy) is 1. The van der Waals surface area contributed by atoms with Gasteiger partial charge in [-0.3, -0.25) is 10.1 Å². The topological polar surface area (TPSA) is 102 Å². The summed E-state index contributed by atoms with van der Waals surface area (Å²) >= 11 is 0. The molecule has 0 spiro atoms. The van der Waals surface area contributed by atoms with Crippen molar-refractivity contribution in [1.82, 2.24) is 30.1 Å².